The van der Waals surface area contributed by atoms with Gasteiger partial charge < -0.3 is 10.6 Å². The maximum Gasteiger partial charge on any atom is 0.237 e. The predicted molar refractivity (Wildman–Crippen MR) is 107 cm³/mol. The SMILES string of the molecule is CCC1Sc2ccc(S(=O)(=O)CCC(=O)Nc3ccc(F)cc3)cc2NC1=O. The fourth-order valence-corrected chi connectivity index (χ4v) is 4.98. The van der Waals surface area contributed by atoms with Gasteiger partial charge in [0.25, 0.3) is 0 Å². The van der Waals surface area contributed by atoms with Crippen molar-refractivity contribution in [2.24, 2.45) is 0 Å². The zero-order valence-corrected chi connectivity index (χ0v) is 16.7. The number of carbonyl (C=O) groups is 2. The summed E-state index contributed by atoms with van der Waals surface area (Å²) in [6.45, 7) is 1.91. The van der Waals surface area contributed by atoms with Gasteiger partial charge in [-0.05, 0) is 48.9 Å². The normalized spacial score (nSPS) is 16.2. The van der Waals surface area contributed by atoms with E-state index in [0.29, 0.717) is 17.8 Å². The molecule has 1 aliphatic heterocycles. The zero-order valence-electron chi connectivity index (χ0n) is 15.1. The van der Waals surface area contributed by atoms with Gasteiger partial charge in [0.1, 0.15) is 5.82 Å². The van der Waals surface area contributed by atoms with Crippen LogP contribution in [0.3, 0.4) is 0 Å². The van der Waals surface area contributed by atoms with Crippen LogP contribution in [0.2, 0.25) is 0 Å². The number of halogens is 1. The molecular weight excluding hydrogens is 403 g/mol. The van der Waals surface area contributed by atoms with Gasteiger partial charge in [0, 0.05) is 17.0 Å². The second-order valence-electron chi connectivity index (χ2n) is 6.29. The van der Waals surface area contributed by atoms with Crippen molar-refractivity contribution in [2.45, 2.75) is 34.8 Å². The first-order valence-electron chi connectivity index (χ1n) is 8.68. The Balaban J connectivity index is 1.66. The molecule has 0 bridgehead atoms. The average molecular weight is 423 g/mol. The van der Waals surface area contributed by atoms with Gasteiger partial charge in [0.15, 0.2) is 9.84 Å². The number of hydrogen-bond acceptors (Lipinski definition) is 5. The largest absolute Gasteiger partial charge is 0.326 e. The molecule has 0 fully saturated rings. The van der Waals surface area contributed by atoms with E-state index in [2.05, 4.69) is 10.6 Å². The van der Waals surface area contributed by atoms with Crippen LogP contribution in [0, 0.1) is 5.82 Å². The molecule has 0 aromatic heterocycles. The van der Waals surface area contributed by atoms with Gasteiger partial charge in [-0.15, -0.1) is 11.8 Å². The zero-order chi connectivity index (χ0) is 20.3. The summed E-state index contributed by atoms with van der Waals surface area (Å²) < 4.78 is 38.0. The highest BCUT2D eigenvalue weighted by molar-refractivity contribution is 8.01. The number of benzene rings is 2. The lowest BCUT2D eigenvalue weighted by Crippen LogP contribution is -2.28. The lowest BCUT2D eigenvalue weighted by Gasteiger charge is -2.23. The van der Waals surface area contributed by atoms with E-state index < -0.39 is 21.6 Å². The van der Waals surface area contributed by atoms with E-state index in [1.54, 1.807) is 6.07 Å². The molecule has 0 radical (unpaired) electrons. The fraction of sp³-hybridized carbons (Fsp3) is 0.263. The summed E-state index contributed by atoms with van der Waals surface area (Å²) in [6.07, 6.45) is 0.439. The highest BCUT2D eigenvalue weighted by atomic mass is 32.2. The van der Waals surface area contributed by atoms with E-state index in [9.17, 15) is 22.4 Å². The van der Waals surface area contributed by atoms with Crippen LogP contribution in [0.25, 0.3) is 0 Å². The standard InChI is InChI=1S/C19H19FN2O4S2/c1-2-16-19(24)22-15-11-14(7-8-17(15)27-16)28(25,26)10-9-18(23)21-13-5-3-12(20)4-6-13/h3-8,11,16H,2,9-10H2,1H3,(H,21,23)(H,22,24). The van der Waals surface area contributed by atoms with E-state index in [1.807, 2.05) is 6.92 Å². The Bertz CT molecular complexity index is 1010. The lowest BCUT2D eigenvalue weighted by atomic mass is 10.2. The van der Waals surface area contributed by atoms with Gasteiger partial charge in [0.2, 0.25) is 11.8 Å². The van der Waals surface area contributed by atoms with Crippen LogP contribution >= 0.6 is 11.8 Å². The molecule has 148 valence electrons. The molecule has 0 spiro atoms. The number of fused-ring (bicyclic) bond motifs is 1. The third kappa shape index (κ3) is 4.71. The second-order valence-corrected chi connectivity index (χ2v) is 9.64. The predicted octanol–water partition coefficient (Wildman–Crippen LogP) is 3.45. The topological polar surface area (TPSA) is 92.3 Å². The molecule has 2 N–H and O–H groups in total. The van der Waals surface area contributed by atoms with Crippen LogP contribution in [0.4, 0.5) is 15.8 Å². The summed E-state index contributed by atoms with van der Waals surface area (Å²) in [5.74, 6) is -1.43. The van der Waals surface area contributed by atoms with Crippen molar-refractivity contribution >= 4 is 44.8 Å². The van der Waals surface area contributed by atoms with Crippen molar-refractivity contribution < 1.29 is 22.4 Å². The molecule has 1 unspecified atom stereocenters. The smallest absolute Gasteiger partial charge is 0.237 e. The molecule has 28 heavy (non-hydrogen) atoms. The summed E-state index contributed by atoms with van der Waals surface area (Å²) in [7, 11) is -3.71. The number of nitrogens with one attached hydrogen (secondary N) is 2. The minimum atomic E-state index is -3.71. The first-order chi connectivity index (χ1) is 13.3. The van der Waals surface area contributed by atoms with Gasteiger partial charge in [-0.1, -0.05) is 6.92 Å². The number of thioether (sulfide) groups is 1. The first-order valence-corrected chi connectivity index (χ1v) is 11.2. The molecule has 9 heteroatoms. The van der Waals surface area contributed by atoms with E-state index in [1.165, 1.54) is 48.2 Å². The second kappa shape index (κ2) is 8.32. The van der Waals surface area contributed by atoms with Gasteiger partial charge in [-0.3, -0.25) is 9.59 Å². The number of rotatable bonds is 6. The van der Waals surface area contributed by atoms with Crippen molar-refractivity contribution in [1.29, 1.82) is 0 Å². The minimum Gasteiger partial charge on any atom is -0.326 e. The Labute approximate surface area is 166 Å². The summed E-state index contributed by atoms with van der Waals surface area (Å²) in [4.78, 5) is 24.9. The number of carbonyl (C=O) groups excluding carboxylic acids is 2. The number of anilines is 2. The van der Waals surface area contributed by atoms with Crippen LogP contribution in [-0.4, -0.2) is 31.2 Å². The number of hydrogen-bond donors (Lipinski definition) is 2. The Morgan fingerprint density at radius 2 is 1.93 bits per heavy atom. The minimum absolute atomic E-state index is 0.0525. The summed E-state index contributed by atoms with van der Waals surface area (Å²) in [5.41, 5.74) is 0.860. The van der Waals surface area contributed by atoms with Crippen LogP contribution in [0.1, 0.15) is 19.8 Å². The third-order valence-corrected chi connectivity index (χ3v) is 7.38. The van der Waals surface area contributed by atoms with Gasteiger partial charge in [-0.2, -0.15) is 0 Å². The van der Waals surface area contributed by atoms with Crippen molar-refractivity contribution in [3.63, 3.8) is 0 Å². The van der Waals surface area contributed by atoms with Crippen molar-refractivity contribution in [1.82, 2.24) is 0 Å². The fourth-order valence-electron chi connectivity index (χ4n) is 2.69. The first kappa shape index (κ1) is 20.3. The molecule has 0 saturated carbocycles. The van der Waals surface area contributed by atoms with E-state index in [-0.39, 0.29) is 28.2 Å². The van der Waals surface area contributed by atoms with Crippen molar-refractivity contribution in [3.05, 3.63) is 48.3 Å². The Morgan fingerprint density at radius 3 is 2.61 bits per heavy atom. The monoisotopic (exact) mass is 422 g/mol. The van der Waals surface area contributed by atoms with E-state index >= 15 is 0 Å². The molecule has 2 amide bonds. The molecule has 0 saturated heterocycles. The quantitative estimate of drug-likeness (QED) is 0.744. The van der Waals surface area contributed by atoms with Crippen molar-refractivity contribution in [2.75, 3.05) is 16.4 Å². The molecule has 3 rings (SSSR count). The maximum atomic E-state index is 12.9. The molecule has 1 aliphatic rings. The highest BCUT2D eigenvalue weighted by Crippen LogP contribution is 2.38. The molecule has 1 atom stereocenters. The summed E-state index contributed by atoms with van der Waals surface area (Å²) in [6, 6.07) is 9.80. The molecular formula is C19H19FN2O4S2. The molecule has 6 nitrogen and oxygen atoms in total. The van der Waals surface area contributed by atoms with Gasteiger partial charge in [0.05, 0.1) is 21.6 Å². The lowest BCUT2D eigenvalue weighted by molar-refractivity contribution is -0.116. The van der Waals surface area contributed by atoms with Gasteiger partial charge in [-0.25, -0.2) is 12.8 Å². The third-order valence-electron chi connectivity index (χ3n) is 4.23. The molecule has 2 aromatic carbocycles. The Morgan fingerprint density at radius 1 is 1.21 bits per heavy atom. The molecule has 2 aromatic rings. The molecule has 0 aliphatic carbocycles. The Hall–Kier alpha value is -2.39. The van der Waals surface area contributed by atoms with Crippen LogP contribution in [-0.2, 0) is 19.4 Å². The van der Waals surface area contributed by atoms with Crippen LogP contribution < -0.4 is 10.6 Å². The summed E-state index contributed by atoms with van der Waals surface area (Å²) in [5, 5.41) is 5.08. The highest BCUT2D eigenvalue weighted by Gasteiger charge is 2.27. The van der Waals surface area contributed by atoms with E-state index in [0.717, 1.165) is 4.90 Å². The average Bonchev–Trinajstić information content (AvgIpc) is 2.67. The maximum absolute atomic E-state index is 12.9. The number of sulfone groups is 1. The Kier molecular flexibility index (Phi) is 6.04. The summed E-state index contributed by atoms with van der Waals surface area (Å²) >= 11 is 1.41. The van der Waals surface area contributed by atoms with Crippen LogP contribution in [0.5, 0.6) is 0 Å². The molecule has 1 heterocycles. The van der Waals surface area contributed by atoms with E-state index in [4.69, 9.17) is 0 Å². The number of amides is 2. The van der Waals surface area contributed by atoms with Gasteiger partial charge >= 0.3 is 0 Å². The van der Waals surface area contributed by atoms with Crippen molar-refractivity contribution in [3.8, 4) is 0 Å². The van der Waals surface area contributed by atoms with Crippen LogP contribution in [0.15, 0.2) is 52.3 Å².